The minimum atomic E-state index is -0.986. The first-order chi connectivity index (χ1) is 11.6. The van der Waals surface area contributed by atoms with E-state index in [1.807, 2.05) is 47.4 Å². The fourth-order valence-corrected chi connectivity index (χ4v) is 2.93. The SMILES string of the molecule is O=C(O)CC(C(=O)Nc1ccc2ccccc2c1)N1CCOCC1. The van der Waals surface area contributed by atoms with E-state index < -0.39 is 12.0 Å². The Kier molecular flexibility index (Phi) is 5.08. The molecule has 0 aliphatic carbocycles. The van der Waals surface area contributed by atoms with Gasteiger partial charge in [0.15, 0.2) is 0 Å². The molecule has 1 saturated heterocycles. The van der Waals surface area contributed by atoms with Crippen LogP contribution in [0.4, 0.5) is 5.69 Å². The van der Waals surface area contributed by atoms with E-state index in [0.717, 1.165) is 10.8 Å². The van der Waals surface area contributed by atoms with Crippen molar-refractivity contribution < 1.29 is 19.4 Å². The van der Waals surface area contributed by atoms with Crippen LogP contribution in [0.3, 0.4) is 0 Å². The second-order valence-corrected chi connectivity index (χ2v) is 5.81. The molecule has 1 atom stereocenters. The summed E-state index contributed by atoms with van der Waals surface area (Å²) in [5.74, 6) is -1.28. The lowest BCUT2D eigenvalue weighted by molar-refractivity contribution is -0.141. The van der Waals surface area contributed by atoms with Gasteiger partial charge in [0, 0.05) is 18.8 Å². The fourth-order valence-electron chi connectivity index (χ4n) is 2.93. The number of nitrogens with zero attached hydrogens (tertiary/aromatic N) is 1. The summed E-state index contributed by atoms with van der Waals surface area (Å²) in [5, 5.41) is 14.1. The number of carbonyl (C=O) groups is 2. The molecule has 1 amide bonds. The van der Waals surface area contributed by atoms with E-state index in [4.69, 9.17) is 9.84 Å². The predicted molar refractivity (Wildman–Crippen MR) is 91.0 cm³/mol. The van der Waals surface area contributed by atoms with E-state index >= 15 is 0 Å². The molecule has 0 radical (unpaired) electrons. The van der Waals surface area contributed by atoms with Gasteiger partial charge in [0.2, 0.25) is 5.91 Å². The maximum Gasteiger partial charge on any atom is 0.305 e. The van der Waals surface area contributed by atoms with E-state index in [1.165, 1.54) is 0 Å². The van der Waals surface area contributed by atoms with Gasteiger partial charge in [0.05, 0.1) is 19.6 Å². The van der Waals surface area contributed by atoms with Gasteiger partial charge in [-0.3, -0.25) is 14.5 Å². The minimum absolute atomic E-state index is 0.223. The quantitative estimate of drug-likeness (QED) is 0.877. The summed E-state index contributed by atoms with van der Waals surface area (Å²) in [6.45, 7) is 2.14. The number of carboxylic acids is 1. The monoisotopic (exact) mass is 328 g/mol. The van der Waals surface area contributed by atoms with Gasteiger partial charge in [-0.15, -0.1) is 0 Å². The summed E-state index contributed by atoms with van der Waals surface area (Å²) >= 11 is 0. The Morgan fingerprint density at radius 2 is 1.83 bits per heavy atom. The Bertz CT molecular complexity index is 741. The normalized spacial score (nSPS) is 16.7. The summed E-state index contributed by atoms with van der Waals surface area (Å²) in [6.07, 6.45) is -0.223. The first kappa shape index (κ1) is 16.4. The van der Waals surface area contributed by atoms with E-state index in [2.05, 4.69) is 5.32 Å². The van der Waals surface area contributed by atoms with Crippen molar-refractivity contribution >= 4 is 28.3 Å². The molecule has 1 aliphatic rings. The number of hydrogen-bond acceptors (Lipinski definition) is 4. The van der Waals surface area contributed by atoms with E-state index in [9.17, 15) is 9.59 Å². The number of carbonyl (C=O) groups excluding carboxylic acids is 1. The van der Waals surface area contributed by atoms with Gasteiger partial charge in [-0.2, -0.15) is 0 Å². The van der Waals surface area contributed by atoms with Crippen LogP contribution in [-0.2, 0) is 14.3 Å². The minimum Gasteiger partial charge on any atom is -0.481 e. The first-order valence-corrected chi connectivity index (χ1v) is 7.97. The molecule has 1 aliphatic heterocycles. The van der Waals surface area contributed by atoms with Gasteiger partial charge >= 0.3 is 5.97 Å². The molecular weight excluding hydrogens is 308 g/mol. The number of aliphatic carboxylic acids is 1. The average Bonchev–Trinajstić information content (AvgIpc) is 2.60. The molecule has 2 N–H and O–H groups in total. The number of amides is 1. The van der Waals surface area contributed by atoms with Gasteiger partial charge in [0.25, 0.3) is 0 Å². The van der Waals surface area contributed by atoms with Crippen molar-refractivity contribution in [2.24, 2.45) is 0 Å². The molecule has 0 spiro atoms. The smallest absolute Gasteiger partial charge is 0.305 e. The van der Waals surface area contributed by atoms with E-state index in [0.29, 0.717) is 32.0 Å². The number of morpholine rings is 1. The molecule has 2 aromatic rings. The molecule has 3 rings (SSSR count). The lowest BCUT2D eigenvalue weighted by atomic mass is 10.1. The molecule has 1 fully saturated rings. The predicted octanol–water partition coefficient (Wildman–Crippen LogP) is 1.95. The summed E-state index contributed by atoms with van der Waals surface area (Å²) in [6, 6.07) is 12.8. The maximum atomic E-state index is 12.6. The van der Waals surface area contributed by atoms with Crippen molar-refractivity contribution in [3.63, 3.8) is 0 Å². The third-order valence-corrected chi connectivity index (χ3v) is 4.17. The fraction of sp³-hybridized carbons (Fsp3) is 0.333. The molecule has 6 nitrogen and oxygen atoms in total. The molecule has 2 aromatic carbocycles. The van der Waals surface area contributed by atoms with Crippen LogP contribution in [0.2, 0.25) is 0 Å². The van der Waals surface area contributed by atoms with Crippen LogP contribution in [0.15, 0.2) is 42.5 Å². The van der Waals surface area contributed by atoms with Crippen molar-refractivity contribution in [3.05, 3.63) is 42.5 Å². The largest absolute Gasteiger partial charge is 0.481 e. The highest BCUT2D eigenvalue weighted by molar-refractivity contribution is 5.98. The van der Waals surface area contributed by atoms with Crippen LogP contribution in [0.25, 0.3) is 10.8 Å². The molecule has 0 bridgehead atoms. The van der Waals surface area contributed by atoms with Crippen molar-refractivity contribution in [2.75, 3.05) is 31.6 Å². The molecular formula is C18H20N2O4. The first-order valence-electron chi connectivity index (χ1n) is 7.97. The van der Waals surface area contributed by atoms with Gasteiger partial charge in [0.1, 0.15) is 6.04 Å². The maximum absolute atomic E-state index is 12.6. The van der Waals surface area contributed by atoms with Crippen LogP contribution in [0.5, 0.6) is 0 Å². The lowest BCUT2D eigenvalue weighted by Gasteiger charge is -2.32. The van der Waals surface area contributed by atoms with Crippen LogP contribution in [-0.4, -0.2) is 54.2 Å². The zero-order valence-electron chi connectivity index (χ0n) is 13.3. The summed E-state index contributed by atoms with van der Waals surface area (Å²) in [4.78, 5) is 25.6. The second-order valence-electron chi connectivity index (χ2n) is 5.81. The van der Waals surface area contributed by atoms with E-state index in [1.54, 1.807) is 0 Å². The summed E-state index contributed by atoms with van der Waals surface area (Å²) in [7, 11) is 0. The molecule has 6 heteroatoms. The van der Waals surface area contributed by atoms with Crippen molar-refractivity contribution in [2.45, 2.75) is 12.5 Å². The highest BCUT2D eigenvalue weighted by Gasteiger charge is 2.29. The zero-order chi connectivity index (χ0) is 16.9. The Morgan fingerprint density at radius 1 is 1.12 bits per heavy atom. The summed E-state index contributed by atoms with van der Waals surface area (Å²) < 4.78 is 5.28. The molecule has 126 valence electrons. The van der Waals surface area contributed by atoms with Crippen LogP contribution in [0, 0.1) is 0 Å². The molecule has 0 saturated carbocycles. The average molecular weight is 328 g/mol. The number of benzene rings is 2. The Labute approximate surface area is 140 Å². The van der Waals surface area contributed by atoms with Crippen molar-refractivity contribution in [1.82, 2.24) is 4.90 Å². The lowest BCUT2D eigenvalue weighted by Crippen LogP contribution is -2.50. The number of anilines is 1. The standard InChI is InChI=1S/C18H20N2O4/c21-17(22)12-16(20-7-9-24-10-8-20)18(23)19-15-6-5-13-3-1-2-4-14(13)11-15/h1-6,11,16H,7-10,12H2,(H,19,23)(H,21,22). The number of carboxylic acid groups (broad SMARTS) is 1. The van der Waals surface area contributed by atoms with Crippen molar-refractivity contribution in [1.29, 1.82) is 0 Å². The van der Waals surface area contributed by atoms with Gasteiger partial charge < -0.3 is 15.2 Å². The topological polar surface area (TPSA) is 78.9 Å². The molecule has 24 heavy (non-hydrogen) atoms. The molecule has 1 heterocycles. The van der Waals surface area contributed by atoms with Crippen LogP contribution in [0.1, 0.15) is 6.42 Å². The summed E-state index contributed by atoms with van der Waals surface area (Å²) in [5.41, 5.74) is 0.669. The number of ether oxygens (including phenoxy) is 1. The molecule has 1 unspecified atom stereocenters. The second kappa shape index (κ2) is 7.42. The van der Waals surface area contributed by atoms with Gasteiger partial charge in [-0.05, 0) is 22.9 Å². The highest BCUT2D eigenvalue weighted by Crippen LogP contribution is 2.20. The molecule has 0 aromatic heterocycles. The van der Waals surface area contributed by atoms with Crippen LogP contribution < -0.4 is 5.32 Å². The van der Waals surface area contributed by atoms with Gasteiger partial charge in [-0.25, -0.2) is 0 Å². The van der Waals surface area contributed by atoms with E-state index in [-0.39, 0.29) is 12.3 Å². The van der Waals surface area contributed by atoms with Crippen molar-refractivity contribution in [3.8, 4) is 0 Å². The Balaban J connectivity index is 1.76. The third-order valence-electron chi connectivity index (χ3n) is 4.17. The Morgan fingerprint density at radius 3 is 2.54 bits per heavy atom. The van der Waals surface area contributed by atoms with Crippen LogP contribution >= 0.6 is 0 Å². The Hall–Kier alpha value is -2.44. The van der Waals surface area contributed by atoms with Gasteiger partial charge in [-0.1, -0.05) is 30.3 Å². The number of nitrogens with one attached hydrogen (secondary N) is 1. The number of hydrogen-bond donors (Lipinski definition) is 2. The zero-order valence-corrected chi connectivity index (χ0v) is 13.3. The third kappa shape index (κ3) is 3.90. The highest BCUT2D eigenvalue weighted by atomic mass is 16.5. The number of rotatable bonds is 5. The number of fused-ring (bicyclic) bond motifs is 1.